The van der Waals surface area contributed by atoms with Crippen molar-refractivity contribution in [3.8, 4) is 0 Å². The van der Waals surface area contributed by atoms with Crippen molar-refractivity contribution in [1.29, 1.82) is 0 Å². The number of rotatable bonds is 3. The third-order valence-electron chi connectivity index (χ3n) is 1.45. The van der Waals surface area contributed by atoms with Crippen LogP contribution in [0, 0.1) is 0 Å². The maximum Gasteiger partial charge on any atom is 0.240 e. The Labute approximate surface area is 80.0 Å². The van der Waals surface area contributed by atoms with Crippen molar-refractivity contribution in [2.45, 2.75) is 6.42 Å². The summed E-state index contributed by atoms with van der Waals surface area (Å²) in [5.41, 5.74) is 1.31. The molecule has 0 spiro atoms. The topological polar surface area (TPSA) is 46.5 Å². The van der Waals surface area contributed by atoms with Crippen molar-refractivity contribution in [1.82, 2.24) is 0 Å². The lowest BCUT2D eigenvalue weighted by molar-refractivity contribution is -0.111. The molecule has 4 heteroatoms. The van der Waals surface area contributed by atoms with Crippen molar-refractivity contribution in [2.75, 3.05) is 0 Å². The SMILES string of the molecule is O=C=Nc1ccc(CC(=O)Cl)cc1. The molecule has 13 heavy (non-hydrogen) atoms. The number of carbonyl (C=O) groups is 1. The lowest BCUT2D eigenvalue weighted by Gasteiger charge is -1.95. The van der Waals surface area contributed by atoms with Gasteiger partial charge in [0, 0.05) is 6.42 Å². The molecular weight excluding hydrogens is 190 g/mol. The second kappa shape index (κ2) is 4.55. The Morgan fingerprint density at radius 1 is 1.38 bits per heavy atom. The first-order chi connectivity index (χ1) is 6.22. The molecule has 0 atom stereocenters. The molecule has 0 aliphatic heterocycles. The molecule has 1 aromatic rings. The number of nitrogens with zero attached hydrogens (tertiary/aromatic N) is 1. The molecular formula is C9H6ClNO2. The Kier molecular flexibility index (Phi) is 3.38. The van der Waals surface area contributed by atoms with Gasteiger partial charge in [0.25, 0.3) is 0 Å². The van der Waals surface area contributed by atoms with E-state index in [0.29, 0.717) is 5.69 Å². The molecule has 0 bridgehead atoms. The van der Waals surface area contributed by atoms with E-state index in [9.17, 15) is 9.59 Å². The van der Waals surface area contributed by atoms with Crippen LogP contribution in [0.1, 0.15) is 5.56 Å². The minimum atomic E-state index is -0.411. The number of carbonyl (C=O) groups excluding carboxylic acids is 2. The Bertz CT molecular complexity index is 352. The first-order valence-corrected chi connectivity index (χ1v) is 3.95. The fourth-order valence-electron chi connectivity index (χ4n) is 0.902. The van der Waals surface area contributed by atoms with Crippen molar-refractivity contribution in [2.24, 2.45) is 4.99 Å². The minimum absolute atomic E-state index is 0.187. The van der Waals surface area contributed by atoms with Gasteiger partial charge in [0.05, 0.1) is 5.69 Å². The number of hydrogen-bond acceptors (Lipinski definition) is 3. The zero-order valence-electron chi connectivity index (χ0n) is 6.66. The normalized spacial score (nSPS) is 9.00. The Morgan fingerprint density at radius 3 is 2.46 bits per heavy atom. The predicted molar refractivity (Wildman–Crippen MR) is 48.8 cm³/mol. The van der Waals surface area contributed by atoms with Crippen molar-refractivity contribution in [3.63, 3.8) is 0 Å². The summed E-state index contributed by atoms with van der Waals surface area (Å²) in [4.78, 5) is 23.8. The fourth-order valence-corrected chi connectivity index (χ4v) is 1.06. The molecule has 0 saturated heterocycles. The number of hydrogen-bond donors (Lipinski definition) is 0. The van der Waals surface area contributed by atoms with Gasteiger partial charge in [-0.05, 0) is 29.3 Å². The second-order valence-corrected chi connectivity index (χ2v) is 2.82. The highest BCUT2D eigenvalue weighted by atomic mass is 35.5. The van der Waals surface area contributed by atoms with E-state index in [1.807, 2.05) is 0 Å². The van der Waals surface area contributed by atoms with Crippen molar-refractivity contribution < 1.29 is 9.59 Å². The standard InChI is InChI=1S/C9H6ClNO2/c10-9(13)5-7-1-3-8(4-2-7)11-6-12/h1-4H,5H2. The summed E-state index contributed by atoms with van der Waals surface area (Å²) < 4.78 is 0. The number of benzene rings is 1. The molecule has 0 heterocycles. The summed E-state index contributed by atoms with van der Waals surface area (Å²) in [7, 11) is 0. The molecule has 0 radical (unpaired) electrons. The van der Waals surface area contributed by atoms with Crippen molar-refractivity contribution >= 4 is 28.6 Å². The van der Waals surface area contributed by atoms with Crippen LogP contribution >= 0.6 is 11.6 Å². The highest BCUT2D eigenvalue weighted by Gasteiger charge is 1.98. The van der Waals surface area contributed by atoms with Crippen molar-refractivity contribution in [3.05, 3.63) is 29.8 Å². The maximum absolute atomic E-state index is 10.5. The molecule has 1 aromatic carbocycles. The summed E-state index contributed by atoms with van der Waals surface area (Å²) in [5.74, 6) is 0. The number of isocyanates is 1. The quantitative estimate of drug-likeness (QED) is 0.421. The van der Waals surface area contributed by atoms with E-state index in [-0.39, 0.29) is 6.42 Å². The van der Waals surface area contributed by atoms with Gasteiger partial charge in [-0.2, -0.15) is 4.99 Å². The van der Waals surface area contributed by atoms with Gasteiger partial charge in [-0.25, -0.2) is 4.79 Å². The van der Waals surface area contributed by atoms with E-state index in [1.165, 1.54) is 6.08 Å². The maximum atomic E-state index is 10.5. The largest absolute Gasteiger partial charge is 0.281 e. The van der Waals surface area contributed by atoms with Gasteiger partial charge in [0.15, 0.2) is 0 Å². The van der Waals surface area contributed by atoms with Gasteiger partial charge in [-0.3, -0.25) is 4.79 Å². The van der Waals surface area contributed by atoms with Crippen LogP contribution in [-0.4, -0.2) is 11.3 Å². The Balaban J connectivity index is 2.80. The smallest absolute Gasteiger partial charge is 0.240 e. The minimum Gasteiger partial charge on any atom is -0.281 e. The highest BCUT2D eigenvalue weighted by Crippen LogP contribution is 2.12. The summed E-state index contributed by atoms with van der Waals surface area (Å²) in [6.07, 6.45) is 1.61. The molecule has 0 fully saturated rings. The lowest BCUT2D eigenvalue weighted by atomic mass is 10.1. The second-order valence-electron chi connectivity index (χ2n) is 2.40. The Morgan fingerprint density at radius 2 is 2.00 bits per heavy atom. The molecule has 0 saturated carbocycles. The molecule has 0 aliphatic rings. The van der Waals surface area contributed by atoms with E-state index in [4.69, 9.17) is 11.6 Å². The van der Waals surface area contributed by atoms with Gasteiger partial charge in [-0.1, -0.05) is 12.1 Å². The molecule has 0 amide bonds. The molecule has 1 rings (SSSR count). The molecule has 0 aliphatic carbocycles. The van der Waals surface area contributed by atoms with Gasteiger partial charge in [0.1, 0.15) is 0 Å². The van der Waals surface area contributed by atoms with E-state index >= 15 is 0 Å². The van der Waals surface area contributed by atoms with E-state index in [0.717, 1.165) is 5.56 Å². The van der Waals surface area contributed by atoms with Crippen LogP contribution < -0.4 is 0 Å². The first kappa shape index (κ1) is 9.65. The summed E-state index contributed by atoms with van der Waals surface area (Å²) in [6, 6.07) is 6.63. The average Bonchev–Trinajstić information content (AvgIpc) is 2.08. The highest BCUT2D eigenvalue weighted by molar-refractivity contribution is 6.63. The third kappa shape index (κ3) is 3.20. The summed E-state index contributed by atoms with van der Waals surface area (Å²) in [5, 5.41) is -0.411. The number of halogens is 1. The fraction of sp³-hybridized carbons (Fsp3) is 0.111. The van der Waals surface area contributed by atoms with Crippen LogP contribution in [0.25, 0.3) is 0 Å². The van der Waals surface area contributed by atoms with Gasteiger partial charge >= 0.3 is 0 Å². The summed E-state index contributed by atoms with van der Waals surface area (Å²) in [6.45, 7) is 0. The van der Waals surface area contributed by atoms with E-state index in [2.05, 4.69) is 4.99 Å². The first-order valence-electron chi connectivity index (χ1n) is 3.57. The molecule has 0 aromatic heterocycles. The van der Waals surface area contributed by atoms with Gasteiger partial charge in [0.2, 0.25) is 11.3 Å². The molecule has 0 unspecified atom stereocenters. The number of aliphatic imine (C=N–C) groups is 1. The van der Waals surface area contributed by atoms with Crippen LogP contribution in [0.3, 0.4) is 0 Å². The van der Waals surface area contributed by atoms with Crippen LogP contribution in [0.4, 0.5) is 5.69 Å². The molecule has 66 valence electrons. The summed E-state index contributed by atoms with van der Waals surface area (Å²) >= 11 is 5.19. The van der Waals surface area contributed by atoms with E-state index in [1.54, 1.807) is 24.3 Å². The molecule has 3 nitrogen and oxygen atoms in total. The Hall–Kier alpha value is -1.44. The van der Waals surface area contributed by atoms with E-state index < -0.39 is 5.24 Å². The van der Waals surface area contributed by atoms with Crippen LogP contribution in [-0.2, 0) is 16.0 Å². The third-order valence-corrected chi connectivity index (χ3v) is 1.59. The predicted octanol–water partition coefficient (Wildman–Crippen LogP) is 1.96. The van der Waals surface area contributed by atoms with Gasteiger partial charge < -0.3 is 0 Å². The monoisotopic (exact) mass is 195 g/mol. The average molecular weight is 196 g/mol. The van der Waals surface area contributed by atoms with Crippen LogP contribution in [0.2, 0.25) is 0 Å². The van der Waals surface area contributed by atoms with Crippen LogP contribution in [0.15, 0.2) is 29.3 Å². The zero-order valence-corrected chi connectivity index (χ0v) is 7.41. The molecule has 0 N–H and O–H groups in total. The zero-order chi connectivity index (χ0) is 9.68. The van der Waals surface area contributed by atoms with Gasteiger partial charge in [-0.15, -0.1) is 0 Å². The lowest BCUT2D eigenvalue weighted by Crippen LogP contribution is -1.91. The van der Waals surface area contributed by atoms with Crippen LogP contribution in [0.5, 0.6) is 0 Å².